The molecule has 0 aliphatic carbocycles. The number of anilines is 1. The van der Waals surface area contributed by atoms with Crippen molar-refractivity contribution in [3.63, 3.8) is 0 Å². The van der Waals surface area contributed by atoms with Gasteiger partial charge in [-0.1, -0.05) is 30.3 Å². The zero-order chi connectivity index (χ0) is 18.8. The van der Waals surface area contributed by atoms with Crippen LogP contribution in [-0.4, -0.2) is 35.5 Å². The maximum atomic E-state index is 13.2. The maximum absolute atomic E-state index is 13.2. The van der Waals surface area contributed by atoms with Crippen molar-refractivity contribution >= 4 is 28.6 Å². The summed E-state index contributed by atoms with van der Waals surface area (Å²) in [4.78, 5) is 31.3. The maximum Gasteiger partial charge on any atom is 0.410 e. The molecule has 2 aromatic carbocycles. The van der Waals surface area contributed by atoms with E-state index in [-0.39, 0.29) is 5.91 Å². The molecule has 3 aromatic rings. The monoisotopic (exact) mass is 361 g/mol. The van der Waals surface area contributed by atoms with Crippen LogP contribution in [0.5, 0.6) is 0 Å². The van der Waals surface area contributed by atoms with Gasteiger partial charge in [-0.25, -0.2) is 4.79 Å². The van der Waals surface area contributed by atoms with Crippen molar-refractivity contribution in [2.45, 2.75) is 12.5 Å². The molecule has 6 heteroatoms. The summed E-state index contributed by atoms with van der Waals surface area (Å²) >= 11 is 0. The Hall–Kier alpha value is -3.41. The highest BCUT2D eigenvalue weighted by molar-refractivity contribution is 6.04. The van der Waals surface area contributed by atoms with Gasteiger partial charge in [0.25, 0.3) is 5.91 Å². The predicted molar refractivity (Wildman–Crippen MR) is 102 cm³/mol. The van der Waals surface area contributed by atoms with Gasteiger partial charge in [-0.2, -0.15) is 0 Å². The number of rotatable bonds is 2. The first-order valence-corrected chi connectivity index (χ1v) is 8.76. The summed E-state index contributed by atoms with van der Waals surface area (Å²) in [5.74, 6) is -0.274. The first-order chi connectivity index (χ1) is 13.2. The summed E-state index contributed by atoms with van der Waals surface area (Å²) in [7, 11) is 1.33. The van der Waals surface area contributed by atoms with Gasteiger partial charge in [0.05, 0.1) is 18.3 Å². The molecule has 1 N–H and O–H groups in total. The number of hydrogen-bond donors (Lipinski definition) is 1. The largest absolute Gasteiger partial charge is 0.453 e. The van der Waals surface area contributed by atoms with Crippen LogP contribution in [0.25, 0.3) is 10.9 Å². The highest BCUT2D eigenvalue weighted by Gasteiger charge is 2.36. The van der Waals surface area contributed by atoms with E-state index < -0.39 is 12.1 Å². The van der Waals surface area contributed by atoms with Gasteiger partial charge < -0.3 is 10.1 Å². The van der Waals surface area contributed by atoms with E-state index in [9.17, 15) is 9.59 Å². The number of carbonyl (C=O) groups is 2. The lowest BCUT2D eigenvalue weighted by atomic mass is 9.92. The van der Waals surface area contributed by atoms with Crippen LogP contribution in [0.15, 0.2) is 60.8 Å². The number of amides is 2. The lowest BCUT2D eigenvalue weighted by Crippen LogP contribution is -2.45. The van der Waals surface area contributed by atoms with Crippen LogP contribution in [0.1, 0.15) is 17.2 Å². The van der Waals surface area contributed by atoms with E-state index in [1.165, 1.54) is 12.0 Å². The number of ether oxygens (including phenoxy) is 1. The van der Waals surface area contributed by atoms with Gasteiger partial charge in [-0.3, -0.25) is 14.7 Å². The molecule has 1 aliphatic rings. The van der Waals surface area contributed by atoms with E-state index in [2.05, 4.69) is 10.3 Å². The molecule has 27 heavy (non-hydrogen) atoms. The van der Waals surface area contributed by atoms with Gasteiger partial charge in [0.2, 0.25) is 0 Å². The number of nitrogens with one attached hydrogen (secondary N) is 1. The summed E-state index contributed by atoms with van der Waals surface area (Å²) < 4.78 is 4.90. The zero-order valence-corrected chi connectivity index (χ0v) is 14.9. The van der Waals surface area contributed by atoms with Gasteiger partial charge in [0.15, 0.2) is 0 Å². The summed E-state index contributed by atoms with van der Waals surface area (Å²) in [6, 6.07) is 16.3. The Morgan fingerprint density at radius 3 is 2.81 bits per heavy atom. The van der Waals surface area contributed by atoms with Gasteiger partial charge in [0, 0.05) is 18.1 Å². The third-order valence-electron chi connectivity index (χ3n) is 4.84. The molecule has 0 bridgehead atoms. The molecule has 1 aliphatic heterocycles. The molecule has 0 saturated heterocycles. The minimum Gasteiger partial charge on any atom is -0.453 e. The fraction of sp³-hybridized carbons (Fsp3) is 0.190. The first-order valence-electron chi connectivity index (χ1n) is 8.76. The molecule has 0 saturated carbocycles. The molecule has 4 rings (SSSR count). The molecule has 136 valence electrons. The standard InChI is InChI=1S/C21H19N3O3/c1-27-21(26)24-13-11-14-6-2-3-7-15(14)19(24)20(25)23-18-10-4-9-17-16(18)8-5-12-22-17/h2-10,12,19H,11,13H2,1H3,(H,23,25)/t19-/m1/s1. The summed E-state index contributed by atoms with van der Waals surface area (Å²) in [6.07, 6.45) is 1.89. The number of pyridine rings is 1. The molecule has 0 spiro atoms. The van der Waals surface area contributed by atoms with Crippen molar-refractivity contribution in [1.82, 2.24) is 9.88 Å². The minimum atomic E-state index is -0.741. The molecular weight excluding hydrogens is 342 g/mol. The summed E-state index contributed by atoms with van der Waals surface area (Å²) in [5, 5.41) is 3.83. The average molecular weight is 361 g/mol. The Bertz CT molecular complexity index is 1010. The van der Waals surface area contributed by atoms with Crippen molar-refractivity contribution in [2.75, 3.05) is 19.0 Å². The average Bonchev–Trinajstić information content (AvgIpc) is 2.72. The highest BCUT2D eigenvalue weighted by Crippen LogP contribution is 2.32. The van der Waals surface area contributed by atoms with Crippen LogP contribution in [-0.2, 0) is 16.0 Å². The molecule has 1 aromatic heterocycles. The van der Waals surface area contributed by atoms with Crippen molar-refractivity contribution in [1.29, 1.82) is 0 Å². The second-order valence-corrected chi connectivity index (χ2v) is 6.38. The number of benzene rings is 2. The molecule has 2 amide bonds. The molecule has 6 nitrogen and oxygen atoms in total. The van der Waals surface area contributed by atoms with Crippen molar-refractivity contribution < 1.29 is 14.3 Å². The van der Waals surface area contributed by atoms with Gasteiger partial charge in [0.1, 0.15) is 6.04 Å². The summed E-state index contributed by atoms with van der Waals surface area (Å²) in [5.41, 5.74) is 3.35. The van der Waals surface area contributed by atoms with Gasteiger partial charge in [-0.15, -0.1) is 0 Å². The Labute approximate surface area is 156 Å². The Morgan fingerprint density at radius 2 is 1.96 bits per heavy atom. The Morgan fingerprint density at radius 1 is 1.11 bits per heavy atom. The minimum absolute atomic E-state index is 0.274. The van der Waals surface area contributed by atoms with Crippen molar-refractivity contribution in [3.8, 4) is 0 Å². The fourth-order valence-electron chi connectivity index (χ4n) is 3.58. The van der Waals surface area contributed by atoms with Crippen LogP contribution in [0, 0.1) is 0 Å². The second-order valence-electron chi connectivity index (χ2n) is 6.38. The van der Waals surface area contributed by atoms with Gasteiger partial charge >= 0.3 is 6.09 Å². The van der Waals surface area contributed by atoms with E-state index in [1.54, 1.807) is 6.20 Å². The second kappa shape index (κ2) is 7.07. The number of methoxy groups -OCH3 is 1. The fourth-order valence-corrected chi connectivity index (χ4v) is 3.58. The van der Waals surface area contributed by atoms with Crippen LogP contribution in [0.4, 0.5) is 10.5 Å². The number of nitrogens with zero attached hydrogens (tertiary/aromatic N) is 2. The third kappa shape index (κ3) is 3.10. The molecule has 1 atom stereocenters. The molecule has 0 unspecified atom stereocenters. The van der Waals surface area contributed by atoms with E-state index in [1.807, 2.05) is 54.6 Å². The number of fused-ring (bicyclic) bond motifs is 2. The van der Waals surface area contributed by atoms with Crippen LogP contribution in [0.2, 0.25) is 0 Å². The molecular formula is C21H19N3O3. The Balaban J connectivity index is 1.72. The zero-order valence-electron chi connectivity index (χ0n) is 14.9. The van der Waals surface area contributed by atoms with Crippen LogP contribution in [0.3, 0.4) is 0 Å². The van der Waals surface area contributed by atoms with Crippen molar-refractivity contribution in [3.05, 3.63) is 71.9 Å². The number of aromatic nitrogens is 1. The molecule has 0 radical (unpaired) electrons. The van der Waals surface area contributed by atoms with E-state index in [0.29, 0.717) is 18.7 Å². The SMILES string of the molecule is COC(=O)N1CCc2ccccc2[C@@H]1C(=O)Nc1cccc2ncccc12. The lowest BCUT2D eigenvalue weighted by molar-refractivity contribution is -0.121. The van der Waals surface area contributed by atoms with E-state index in [0.717, 1.165) is 22.0 Å². The Kier molecular flexibility index (Phi) is 4.46. The van der Waals surface area contributed by atoms with Crippen LogP contribution >= 0.6 is 0 Å². The summed E-state index contributed by atoms with van der Waals surface area (Å²) in [6.45, 7) is 0.429. The number of hydrogen-bond acceptors (Lipinski definition) is 4. The quantitative estimate of drug-likeness (QED) is 0.758. The molecule has 2 heterocycles. The third-order valence-corrected chi connectivity index (χ3v) is 4.84. The smallest absolute Gasteiger partial charge is 0.410 e. The van der Waals surface area contributed by atoms with Crippen LogP contribution < -0.4 is 5.32 Å². The van der Waals surface area contributed by atoms with Crippen molar-refractivity contribution in [2.24, 2.45) is 0 Å². The molecule has 0 fully saturated rings. The van der Waals surface area contributed by atoms with E-state index >= 15 is 0 Å². The highest BCUT2D eigenvalue weighted by atomic mass is 16.5. The topological polar surface area (TPSA) is 71.5 Å². The normalized spacial score (nSPS) is 15.9. The first kappa shape index (κ1) is 17.0. The van der Waals surface area contributed by atoms with Gasteiger partial charge in [-0.05, 0) is 41.8 Å². The lowest BCUT2D eigenvalue weighted by Gasteiger charge is -2.35. The predicted octanol–water partition coefficient (Wildman–Crippen LogP) is 3.54. The van der Waals surface area contributed by atoms with E-state index in [4.69, 9.17) is 4.74 Å². The number of carbonyl (C=O) groups excluding carboxylic acids is 2.